The summed E-state index contributed by atoms with van der Waals surface area (Å²) >= 11 is 2.18. The molecule has 0 unspecified atom stereocenters. The van der Waals surface area contributed by atoms with Crippen molar-refractivity contribution in [2.75, 3.05) is 66.0 Å². The molecular formula is C61H65IN5O12+. The van der Waals surface area contributed by atoms with Gasteiger partial charge in [-0.15, -0.1) is 0 Å². The Morgan fingerprint density at radius 3 is 2.19 bits per heavy atom. The second kappa shape index (κ2) is 23.3. The highest BCUT2D eigenvalue weighted by molar-refractivity contribution is 14.1. The number of cyclic esters (lactones) is 1. The molecule has 0 aromatic heterocycles. The number of unbranched alkanes of at least 4 members (excludes halogenated alkanes) is 1. The number of anilines is 1. The van der Waals surface area contributed by atoms with Crippen LogP contribution in [0.15, 0.2) is 140 Å². The molecule has 5 heterocycles. The first-order valence-corrected chi connectivity index (χ1v) is 27.8. The minimum atomic E-state index is -1.72. The predicted octanol–water partition coefficient (Wildman–Crippen LogP) is 6.92. The van der Waals surface area contributed by atoms with Gasteiger partial charge in [-0.2, -0.15) is 0 Å². The number of hydrogen-bond acceptors (Lipinski definition) is 13. The first-order chi connectivity index (χ1) is 38.1. The number of carbonyl (C=O) groups excluding carboxylic acids is 6. The van der Waals surface area contributed by atoms with E-state index in [2.05, 4.69) is 60.9 Å². The summed E-state index contributed by atoms with van der Waals surface area (Å²) in [5.74, 6) is -4.52. The smallest absolute Gasteiger partial charge is 0.325 e. The van der Waals surface area contributed by atoms with Crippen molar-refractivity contribution in [3.8, 4) is 11.5 Å². The van der Waals surface area contributed by atoms with Crippen LogP contribution in [0.4, 0.5) is 5.69 Å². The normalized spacial score (nSPS) is 26.1. The zero-order valence-electron chi connectivity index (χ0n) is 44.3. The molecule has 5 aromatic rings. The Balaban J connectivity index is 0.934. The molecule has 5 aliphatic heterocycles. The van der Waals surface area contributed by atoms with Crippen LogP contribution in [-0.4, -0.2) is 134 Å². The van der Waals surface area contributed by atoms with E-state index in [4.69, 9.17) is 23.7 Å². The van der Waals surface area contributed by atoms with Crippen LogP contribution < -0.4 is 20.1 Å². The quantitative estimate of drug-likeness (QED) is 0.0182. The summed E-state index contributed by atoms with van der Waals surface area (Å²) in [5, 5.41) is 15.5. The molecule has 17 nitrogen and oxygen atoms in total. The molecule has 10 rings (SSSR count). The highest BCUT2D eigenvalue weighted by atomic mass is 127. The van der Waals surface area contributed by atoms with E-state index in [0.717, 1.165) is 38.6 Å². The number of amides is 3. The molecule has 3 amide bonds. The van der Waals surface area contributed by atoms with Crippen molar-refractivity contribution in [1.82, 2.24) is 15.1 Å². The van der Waals surface area contributed by atoms with Gasteiger partial charge < -0.3 is 48.8 Å². The van der Waals surface area contributed by atoms with Crippen molar-refractivity contribution < 1.29 is 62.0 Å². The van der Waals surface area contributed by atoms with E-state index in [-0.39, 0.29) is 51.3 Å². The minimum Gasteiger partial charge on any atom is -0.491 e. The van der Waals surface area contributed by atoms with Gasteiger partial charge >= 0.3 is 17.9 Å². The Hall–Kier alpha value is -7.13. The average Bonchev–Trinajstić information content (AvgIpc) is 2.85. The maximum Gasteiger partial charge on any atom is 0.325 e. The van der Waals surface area contributed by atoms with E-state index in [1.807, 2.05) is 89.8 Å². The summed E-state index contributed by atoms with van der Waals surface area (Å²) in [6.07, 6.45) is 2.69. The third kappa shape index (κ3) is 10.7. The van der Waals surface area contributed by atoms with Gasteiger partial charge in [0.25, 0.3) is 0 Å². The first kappa shape index (κ1) is 55.2. The van der Waals surface area contributed by atoms with Crippen LogP contribution in [0, 0.1) is 15.4 Å². The number of aliphatic hydroxyl groups excluding tert-OH is 1. The zero-order chi connectivity index (χ0) is 55.6. The van der Waals surface area contributed by atoms with Crippen LogP contribution in [0.25, 0.3) is 0 Å². The molecule has 3 N–H and O–H groups in total. The monoisotopic (exact) mass is 1190 g/mol. The Bertz CT molecular complexity index is 3100. The number of hydrogen-bond donors (Lipinski definition) is 3. The Morgan fingerprint density at radius 2 is 1.48 bits per heavy atom. The number of nitrogens with one attached hydrogen (secondary N) is 2. The molecule has 0 bridgehead atoms. The van der Waals surface area contributed by atoms with E-state index >= 15 is 4.79 Å². The van der Waals surface area contributed by atoms with Gasteiger partial charge in [0, 0.05) is 9.26 Å². The number of aliphatic hydroxyl groups is 1. The number of quaternary nitrogens is 1. The molecule has 0 radical (unpaired) electrons. The summed E-state index contributed by atoms with van der Waals surface area (Å²) in [6, 6.07) is 33.3. The number of piperazine rings is 1. The van der Waals surface area contributed by atoms with E-state index in [1.54, 1.807) is 47.4 Å². The van der Waals surface area contributed by atoms with E-state index < -0.39 is 83.4 Å². The van der Waals surface area contributed by atoms with Crippen molar-refractivity contribution in [2.45, 2.75) is 73.5 Å². The van der Waals surface area contributed by atoms with Crippen molar-refractivity contribution in [2.24, 2.45) is 11.8 Å². The number of morpholine rings is 1. The molecule has 4 fully saturated rings. The molecular weight excluding hydrogens is 1120 g/mol. The lowest BCUT2D eigenvalue weighted by Crippen LogP contribution is -2.61. The average molecular weight is 1190 g/mol. The molecule has 1 spiro atoms. The molecule has 0 saturated carbocycles. The summed E-state index contributed by atoms with van der Waals surface area (Å²) in [7, 11) is 6.32. The van der Waals surface area contributed by atoms with Gasteiger partial charge in [0.2, 0.25) is 17.7 Å². The molecule has 5 aliphatic rings. The Labute approximate surface area is 472 Å². The minimum absolute atomic E-state index is 0.0449. The van der Waals surface area contributed by atoms with Gasteiger partial charge in [0.15, 0.2) is 0 Å². The number of fused-ring (bicyclic) bond motifs is 4. The van der Waals surface area contributed by atoms with Crippen LogP contribution in [0.3, 0.4) is 0 Å². The largest absolute Gasteiger partial charge is 0.491 e. The van der Waals surface area contributed by atoms with Crippen molar-refractivity contribution in [3.63, 3.8) is 0 Å². The molecule has 0 aliphatic carbocycles. The highest BCUT2D eigenvalue weighted by Crippen LogP contribution is 2.65. The van der Waals surface area contributed by atoms with Crippen molar-refractivity contribution >= 4 is 63.9 Å². The highest BCUT2D eigenvalue weighted by Gasteiger charge is 2.74. The van der Waals surface area contributed by atoms with Gasteiger partial charge in [-0.1, -0.05) is 97.6 Å². The fourth-order valence-electron chi connectivity index (χ4n) is 12.5. The van der Waals surface area contributed by atoms with Crippen LogP contribution in [0.5, 0.6) is 11.5 Å². The van der Waals surface area contributed by atoms with Gasteiger partial charge in [-0.3, -0.25) is 33.7 Å². The zero-order valence-corrected chi connectivity index (χ0v) is 46.5. The lowest BCUT2D eigenvalue weighted by atomic mass is 9.65. The van der Waals surface area contributed by atoms with Crippen molar-refractivity contribution in [1.29, 1.82) is 0 Å². The first-order valence-electron chi connectivity index (χ1n) is 26.8. The summed E-state index contributed by atoms with van der Waals surface area (Å²) in [6.45, 7) is 4.11. The molecule has 412 valence electrons. The van der Waals surface area contributed by atoms with Crippen LogP contribution >= 0.6 is 22.6 Å². The third-order valence-corrected chi connectivity index (χ3v) is 16.4. The van der Waals surface area contributed by atoms with Gasteiger partial charge in [0.05, 0.1) is 58.3 Å². The van der Waals surface area contributed by atoms with E-state index in [1.165, 1.54) is 6.08 Å². The number of ether oxygens (including phenoxy) is 5. The van der Waals surface area contributed by atoms with Gasteiger partial charge in [-0.05, 0) is 119 Å². The summed E-state index contributed by atoms with van der Waals surface area (Å²) in [4.78, 5) is 91.0. The molecule has 5 aromatic carbocycles. The molecule has 4 saturated heterocycles. The fraction of sp³-hybridized carbons (Fsp3) is 0.377. The van der Waals surface area contributed by atoms with Crippen molar-refractivity contribution in [3.05, 3.63) is 171 Å². The third-order valence-electron chi connectivity index (χ3n) is 15.8. The SMILES string of the molecule is C=CCOC(=O)[C@H]1[C@@H]2C(=O)O[C@@H](c3ccccc3)[C@@H](c3ccccc3)N2[C@@H](c2ccc(OCCOC(=O)[C@H]3C[C@H]4C(=O)N[C@@H](CCCC[N+](C)(C)C)C(=O)N4[C@H]3c3cccc(OCCO)c3)cc2)[C@]12C(=O)Nc1ccc(I)cc12. The van der Waals surface area contributed by atoms with Gasteiger partial charge in [0.1, 0.15) is 73.5 Å². The number of esters is 3. The summed E-state index contributed by atoms with van der Waals surface area (Å²) in [5.41, 5.74) is 2.06. The number of carbonyl (C=O) groups is 6. The molecule has 18 heteroatoms. The maximum absolute atomic E-state index is 15.3. The maximum atomic E-state index is 15.3. The van der Waals surface area contributed by atoms with Gasteiger partial charge in [-0.25, -0.2) is 0 Å². The number of benzene rings is 5. The number of nitrogens with zero attached hydrogens (tertiary/aromatic N) is 3. The standard InChI is InChI=1S/C61H64IN5O12/c1-5-30-77-58(72)49-52-59(73)79-53(38-17-10-7-11-18-38)51(37-15-8-6-9-16-37)66(52)54(61(49)45-35-41(62)24-27-46(45)64-60(61)74)39-22-25-42(26-23-39)76-32-33-78-57(71)44-36-48-55(69)63-47(21-12-13-28-67(2,3)4)56(70)65(48)50(44)40-19-14-20-43(34-40)75-31-29-68/h5-11,14-20,22-27,34-35,44,47-54,68H,1,12-13,21,28-33,36H2,2-4H3,(H-,63,64,69,74)/p+1/t44-,47-,48-,49+,50-,51+,52+,53-,54-,61+/m0/s1. The van der Waals surface area contributed by atoms with Crippen LogP contribution in [-0.2, 0) is 48.4 Å². The summed E-state index contributed by atoms with van der Waals surface area (Å²) < 4.78 is 31.8. The second-order valence-corrected chi connectivity index (χ2v) is 22.9. The molecule has 10 atom stereocenters. The lowest BCUT2D eigenvalue weighted by molar-refractivity contribution is -0.870. The molecule has 79 heavy (non-hydrogen) atoms. The van der Waals surface area contributed by atoms with Crippen LogP contribution in [0.2, 0.25) is 0 Å². The Morgan fingerprint density at radius 1 is 0.772 bits per heavy atom. The second-order valence-electron chi connectivity index (χ2n) is 21.7. The number of halogens is 1. The predicted molar refractivity (Wildman–Crippen MR) is 299 cm³/mol. The topological polar surface area (TPSA) is 199 Å². The van der Waals surface area contributed by atoms with E-state index in [0.29, 0.717) is 40.3 Å². The fourth-order valence-corrected chi connectivity index (χ4v) is 13.0. The van der Waals surface area contributed by atoms with Crippen LogP contribution in [0.1, 0.15) is 77.7 Å². The Kier molecular flexibility index (Phi) is 16.3. The lowest BCUT2D eigenvalue weighted by Gasteiger charge is -2.46. The van der Waals surface area contributed by atoms with E-state index in [9.17, 15) is 29.1 Å². The number of rotatable bonds is 20.